The zero-order chi connectivity index (χ0) is 16.1. The van der Waals surface area contributed by atoms with Crippen LogP contribution in [0.4, 0.5) is 5.82 Å². The second-order valence-electron chi connectivity index (χ2n) is 5.80. The summed E-state index contributed by atoms with van der Waals surface area (Å²) in [6.07, 6.45) is 9.73. The second-order valence-corrected chi connectivity index (χ2v) is 5.80. The predicted octanol–water partition coefficient (Wildman–Crippen LogP) is 2.70. The Hall–Kier alpha value is -2.01. The number of nitrogens with zero attached hydrogens (tertiary/aromatic N) is 4. The first-order valence-corrected chi connectivity index (χ1v) is 8.37. The van der Waals surface area contributed by atoms with Crippen LogP contribution in [0.5, 0.6) is 0 Å². The van der Waals surface area contributed by atoms with Crippen molar-refractivity contribution < 1.29 is 4.74 Å². The molecule has 0 bridgehead atoms. The average Bonchev–Trinajstić information content (AvgIpc) is 2.87. The van der Waals surface area contributed by atoms with E-state index in [2.05, 4.69) is 16.5 Å². The van der Waals surface area contributed by atoms with Crippen LogP contribution in [0.2, 0.25) is 0 Å². The van der Waals surface area contributed by atoms with Crippen molar-refractivity contribution in [1.29, 1.82) is 0 Å². The zero-order valence-corrected chi connectivity index (χ0v) is 13.8. The van der Waals surface area contributed by atoms with Gasteiger partial charge < -0.3 is 9.64 Å². The van der Waals surface area contributed by atoms with Crippen molar-refractivity contribution in [1.82, 2.24) is 9.97 Å². The lowest BCUT2D eigenvalue weighted by molar-refractivity contribution is 0.152. The van der Waals surface area contributed by atoms with Crippen molar-refractivity contribution in [2.45, 2.75) is 32.6 Å². The molecule has 1 aromatic rings. The van der Waals surface area contributed by atoms with E-state index in [0.29, 0.717) is 5.82 Å². The Morgan fingerprint density at radius 2 is 2.13 bits per heavy atom. The molecule has 1 saturated heterocycles. The Morgan fingerprint density at radius 1 is 1.22 bits per heavy atom. The zero-order valence-electron chi connectivity index (χ0n) is 13.8. The van der Waals surface area contributed by atoms with E-state index in [1.165, 1.54) is 11.3 Å². The maximum Gasteiger partial charge on any atom is 0.180 e. The van der Waals surface area contributed by atoms with Crippen LogP contribution < -0.4 is 4.90 Å². The molecular formula is C18H24N4O. The highest BCUT2D eigenvalue weighted by Crippen LogP contribution is 2.29. The van der Waals surface area contributed by atoms with Gasteiger partial charge in [-0.3, -0.25) is 4.99 Å². The molecule has 0 amide bonds. The van der Waals surface area contributed by atoms with Gasteiger partial charge in [0.1, 0.15) is 11.5 Å². The molecule has 1 aliphatic heterocycles. The van der Waals surface area contributed by atoms with Gasteiger partial charge in [0.2, 0.25) is 0 Å². The van der Waals surface area contributed by atoms with E-state index < -0.39 is 0 Å². The number of aliphatic imine (C=N–C) groups is 1. The van der Waals surface area contributed by atoms with Gasteiger partial charge in [0.15, 0.2) is 5.82 Å². The number of aryl methyl sites for hydroxylation is 1. The minimum absolute atomic E-state index is 0.698. The van der Waals surface area contributed by atoms with Gasteiger partial charge in [-0.25, -0.2) is 9.97 Å². The molecule has 0 aromatic carbocycles. The molecule has 1 fully saturated rings. The fourth-order valence-electron chi connectivity index (χ4n) is 3.18. The van der Waals surface area contributed by atoms with Crippen molar-refractivity contribution in [2.24, 2.45) is 4.99 Å². The third-order valence-electron chi connectivity index (χ3n) is 4.22. The Kier molecular flexibility index (Phi) is 5.18. The Balaban J connectivity index is 2.04. The third kappa shape index (κ3) is 3.50. The molecule has 1 aliphatic carbocycles. The lowest BCUT2D eigenvalue weighted by Gasteiger charge is -2.24. The van der Waals surface area contributed by atoms with E-state index in [-0.39, 0.29) is 0 Å². The van der Waals surface area contributed by atoms with Gasteiger partial charge in [-0.05, 0) is 38.7 Å². The SMILES string of the molecule is C=CN=C(/C=C\C)c1nc2c(c(N3CCCOCC3)n1)CCC2. The van der Waals surface area contributed by atoms with Gasteiger partial charge in [0.05, 0.1) is 6.61 Å². The average molecular weight is 312 g/mol. The molecule has 0 radical (unpaired) electrons. The lowest BCUT2D eigenvalue weighted by Crippen LogP contribution is -2.29. The van der Waals surface area contributed by atoms with E-state index in [1.54, 1.807) is 6.20 Å². The molecule has 0 spiro atoms. The molecular weight excluding hydrogens is 288 g/mol. The number of anilines is 1. The third-order valence-corrected chi connectivity index (χ3v) is 4.22. The molecule has 5 heteroatoms. The standard InChI is InChI=1S/C18H24N4O/c1-3-7-16(19-4-2)17-20-15-9-5-8-14(15)18(21-17)22-10-6-12-23-13-11-22/h3-4,7H,2,5-6,8-13H2,1H3/b7-3-,19-16?. The summed E-state index contributed by atoms with van der Waals surface area (Å²) in [4.78, 5) is 16.3. The van der Waals surface area contributed by atoms with Crippen molar-refractivity contribution in [2.75, 3.05) is 31.2 Å². The molecule has 2 aliphatic rings. The van der Waals surface area contributed by atoms with Crippen molar-refractivity contribution in [3.05, 3.63) is 42.0 Å². The summed E-state index contributed by atoms with van der Waals surface area (Å²) < 4.78 is 5.59. The van der Waals surface area contributed by atoms with Crippen LogP contribution in [-0.4, -0.2) is 42.0 Å². The summed E-state index contributed by atoms with van der Waals surface area (Å²) >= 11 is 0. The largest absolute Gasteiger partial charge is 0.380 e. The predicted molar refractivity (Wildman–Crippen MR) is 93.3 cm³/mol. The van der Waals surface area contributed by atoms with Gasteiger partial charge in [0.25, 0.3) is 0 Å². The Bertz CT molecular complexity index is 628. The highest BCUT2D eigenvalue weighted by atomic mass is 16.5. The highest BCUT2D eigenvalue weighted by molar-refractivity contribution is 6.06. The van der Waals surface area contributed by atoms with Gasteiger partial charge >= 0.3 is 0 Å². The number of allylic oxidation sites excluding steroid dienone is 2. The number of hydrogen-bond donors (Lipinski definition) is 0. The molecule has 0 atom stereocenters. The maximum atomic E-state index is 5.59. The van der Waals surface area contributed by atoms with Crippen LogP contribution in [0.1, 0.15) is 36.8 Å². The Labute approximate surface area is 137 Å². The molecule has 0 saturated carbocycles. The minimum atomic E-state index is 0.698. The fourth-order valence-corrected chi connectivity index (χ4v) is 3.18. The number of fused-ring (bicyclic) bond motifs is 1. The van der Waals surface area contributed by atoms with E-state index >= 15 is 0 Å². The molecule has 0 unspecified atom stereocenters. The van der Waals surface area contributed by atoms with Gasteiger partial charge in [-0.2, -0.15) is 0 Å². The minimum Gasteiger partial charge on any atom is -0.380 e. The van der Waals surface area contributed by atoms with E-state index in [4.69, 9.17) is 14.7 Å². The Morgan fingerprint density at radius 3 is 2.96 bits per heavy atom. The molecule has 5 nitrogen and oxygen atoms in total. The molecule has 1 aromatic heterocycles. The van der Waals surface area contributed by atoms with Crippen LogP contribution in [0.25, 0.3) is 0 Å². The highest BCUT2D eigenvalue weighted by Gasteiger charge is 2.24. The van der Waals surface area contributed by atoms with Crippen LogP contribution >= 0.6 is 0 Å². The first kappa shape index (κ1) is 15.9. The van der Waals surface area contributed by atoms with Crippen molar-refractivity contribution in [3.8, 4) is 0 Å². The van der Waals surface area contributed by atoms with Crippen LogP contribution in [0.3, 0.4) is 0 Å². The first-order chi connectivity index (χ1) is 11.3. The summed E-state index contributed by atoms with van der Waals surface area (Å²) in [6, 6.07) is 0. The smallest absolute Gasteiger partial charge is 0.180 e. The number of rotatable bonds is 4. The molecule has 3 rings (SSSR count). The summed E-state index contributed by atoms with van der Waals surface area (Å²) in [5, 5.41) is 0. The molecule has 122 valence electrons. The van der Waals surface area contributed by atoms with E-state index in [0.717, 1.165) is 63.5 Å². The summed E-state index contributed by atoms with van der Waals surface area (Å²) in [6.45, 7) is 9.14. The second kappa shape index (κ2) is 7.51. The molecule has 0 N–H and O–H groups in total. The van der Waals surface area contributed by atoms with Gasteiger partial charge in [0, 0.05) is 37.2 Å². The van der Waals surface area contributed by atoms with E-state index in [1.807, 2.05) is 19.1 Å². The molecule has 23 heavy (non-hydrogen) atoms. The fraction of sp³-hybridized carbons (Fsp3) is 0.500. The van der Waals surface area contributed by atoms with Crippen molar-refractivity contribution in [3.63, 3.8) is 0 Å². The van der Waals surface area contributed by atoms with Gasteiger partial charge in [-0.15, -0.1) is 0 Å². The summed E-state index contributed by atoms with van der Waals surface area (Å²) in [5.41, 5.74) is 3.26. The summed E-state index contributed by atoms with van der Waals surface area (Å²) in [7, 11) is 0. The summed E-state index contributed by atoms with van der Waals surface area (Å²) in [5.74, 6) is 1.78. The van der Waals surface area contributed by atoms with Crippen molar-refractivity contribution >= 4 is 11.5 Å². The van der Waals surface area contributed by atoms with Gasteiger partial charge in [-0.1, -0.05) is 12.7 Å². The number of ether oxygens (including phenoxy) is 1. The van der Waals surface area contributed by atoms with Crippen LogP contribution in [-0.2, 0) is 17.6 Å². The lowest BCUT2D eigenvalue weighted by atomic mass is 10.2. The maximum absolute atomic E-state index is 5.59. The molecule has 2 heterocycles. The number of aromatic nitrogens is 2. The van der Waals surface area contributed by atoms with Crippen LogP contribution in [0.15, 0.2) is 29.9 Å². The quantitative estimate of drug-likeness (QED) is 0.802. The monoisotopic (exact) mass is 312 g/mol. The number of hydrogen-bond acceptors (Lipinski definition) is 5. The van der Waals surface area contributed by atoms with E-state index in [9.17, 15) is 0 Å². The normalized spacial score (nSPS) is 19.0. The van der Waals surface area contributed by atoms with Crippen LogP contribution in [0, 0.1) is 0 Å². The first-order valence-electron chi connectivity index (χ1n) is 8.37. The topological polar surface area (TPSA) is 50.6 Å².